The van der Waals surface area contributed by atoms with Gasteiger partial charge in [-0.2, -0.15) is 0 Å². The van der Waals surface area contributed by atoms with Crippen molar-refractivity contribution in [3.8, 4) is 0 Å². The number of hydrogen-bond donors (Lipinski definition) is 3. The monoisotopic (exact) mass is 367 g/mol. The fourth-order valence-corrected chi connectivity index (χ4v) is 3.26. The van der Waals surface area contributed by atoms with E-state index in [1.807, 2.05) is 32.0 Å². The number of carbonyl (C=O) groups is 2. The molecule has 25 heavy (non-hydrogen) atoms. The van der Waals surface area contributed by atoms with Crippen molar-refractivity contribution < 1.29 is 9.59 Å². The summed E-state index contributed by atoms with van der Waals surface area (Å²) in [7, 11) is 0. The number of nitrogens with one attached hydrogen (secondary N) is 2. The van der Waals surface area contributed by atoms with Crippen molar-refractivity contribution in [2.45, 2.75) is 58.0 Å². The van der Waals surface area contributed by atoms with Crippen molar-refractivity contribution in [3.05, 3.63) is 35.4 Å². The first-order chi connectivity index (χ1) is 11.4. The minimum Gasteiger partial charge on any atom is -0.352 e. The van der Waals surface area contributed by atoms with Gasteiger partial charge in [0, 0.05) is 24.2 Å². The molecule has 0 aliphatic heterocycles. The number of carbonyl (C=O) groups excluding carboxylic acids is 2. The topological polar surface area (TPSA) is 84.2 Å². The number of rotatable bonds is 6. The highest BCUT2D eigenvalue weighted by Crippen LogP contribution is 2.31. The summed E-state index contributed by atoms with van der Waals surface area (Å²) in [5, 5.41) is 5.84. The number of halogens is 1. The Bertz CT molecular complexity index is 590. The molecule has 1 aromatic carbocycles. The molecule has 1 aromatic rings. The maximum atomic E-state index is 12.5. The lowest BCUT2D eigenvalue weighted by Crippen LogP contribution is -2.52. The Labute approximate surface area is 156 Å². The average molecular weight is 368 g/mol. The lowest BCUT2D eigenvalue weighted by atomic mass is 9.74. The molecule has 0 heterocycles. The zero-order chi connectivity index (χ0) is 17.6. The van der Waals surface area contributed by atoms with Crippen molar-refractivity contribution >= 4 is 24.2 Å². The minimum absolute atomic E-state index is 0. The highest BCUT2D eigenvalue weighted by atomic mass is 35.5. The van der Waals surface area contributed by atoms with Crippen LogP contribution in [0.15, 0.2) is 24.3 Å². The summed E-state index contributed by atoms with van der Waals surface area (Å²) in [5.74, 6) is -0.199. The smallest absolute Gasteiger partial charge is 0.251 e. The molecule has 1 saturated carbocycles. The molecule has 5 nitrogen and oxygen atoms in total. The van der Waals surface area contributed by atoms with Gasteiger partial charge >= 0.3 is 0 Å². The van der Waals surface area contributed by atoms with E-state index in [4.69, 9.17) is 5.73 Å². The van der Waals surface area contributed by atoms with Gasteiger partial charge in [-0.25, -0.2) is 0 Å². The first-order valence-corrected chi connectivity index (χ1v) is 8.88. The average Bonchev–Trinajstić information content (AvgIpc) is 2.57. The van der Waals surface area contributed by atoms with Gasteiger partial charge in [-0.3, -0.25) is 9.59 Å². The molecule has 2 unspecified atom stereocenters. The summed E-state index contributed by atoms with van der Waals surface area (Å²) in [6.45, 7) is 5.06. The normalized spacial score (nSPS) is 22.6. The third-order valence-electron chi connectivity index (χ3n) is 4.76. The molecule has 0 bridgehead atoms. The molecular formula is C19H30ClN3O2. The molecule has 140 valence electrons. The summed E-state index contributed by atoms with van der Waals surface area (Å²) in [5.41, 5.74) is 7.40. The molecule has 1 aliphatic carbocycles. The number of nitrogens with two attached hydrogens (primary N) is 1. The van der Waals surface area contributed by atoms with E-state index in [9.17, 15) is 9.59 Å². The van der Waals surface area contributed by atoms with E-state index in [0.717, 1.165) is 37.7 Å². The van der Waals surface area contributed by atoms with Crippen LogP contribution in [0.1, 0.15) is 61.9 Å². The van der Waals surface area contributed by atoms with Gasteiger partial charge in [0.1, 0.15) is 0 Å². The molecule has 0 radical (unpaired) electrons. The summed E-state index contributed by atoms with van der Waals surface area (Å²) in [6.07, 6.45) is 4.78. The quantitative estimate of drug-likeness (QED) is 0.722. The van der Waals surface area contributed by atoms with E-state index >= 15 is 0 Å². The van der Waals surface area contributed by atoms with Gasteiger partial charge in [-0.15, -0.1) is 12.4 Å². The summed E-state index contributed by atoms with van der Waals surface area (Å²) in [6, 6.07) is 7.37. The predicted octanol–water partition coefficient (Wildman–Crippen LogP) is 2.77. The second-order valence-electron chi connectivity index (χ2n) is 6.98. The van der Waals surface area contributed by atoms with Crippen LogP contribution in [0.5, 0.6) is 0 Å². The summed E-state index contributed by atoms with van der Waals surface area (Å²) < 4.78 is 0. The van der Waals surface area contributed by atoms with Crippen molar-refractivity contribution in [3.63, 3.8) is 0 Å². The highest BCUT2D eigenvalue weighted by molar-refractivity contribution is 5.94. The third kappa shape index (κ3) is 6.01. The maximum Gasteiger partial charge on any atom is 0.251 e. The van der Waals surface area contributed by atoms with Crippen LogP contribution in [0.3, 0.4) is 0 Å². The van der Waals surface area contributed by atoms with Crippen LogP contribution in [0.2, 0.25) is 0 Å². The third-order valence-corrected chi connectivity index (χ3v) is 4.76. The van der Waals surface area contributed by atoms with E-state index in [1.165, 1.54) is 0 Å². The molecule has 1 aliphatic rings. The van der Waals surface area contributed by atoms with Crippen molar-refractivity contribution in [1.29, 1.82) is 0 Å². The Morgan fingerprint density at radius 2 is 2.04 bits per heavy atom. The second-order valence-corrected chi connectivity index (χ2v) is 6.98. The van der Waals surface area contributed by atoms with Crippen LogP contribution in [-0.2, 0) is 11.3 Å². The van der Waals surface area contributed by atoms with Gasteiger partial charge in [-0.05, 0) is 43.9 Å². The number of benzene rings is 1. The lowest BCUT2D eigenvalue weighted by molar-refractivity contribution is -0.128. The molecule has 1 fully saturated rings. The van der Waals surface area contributed by atoms with Crippen molar-refractivity contribution in [2.75, 3.05) is 6.54 Å². The molecule has 6 heteroatoms. The summed E-state index contributed by atoms with van der Waals surface area (Å²) >= 11 is 0. The number of amides is 2. The van der Waals surface area contributed by atoms with Crippen LogP contribution >= 0.6 is 12.4 Å². The molecule has 4 N–H and O–H groups in total. The molecule has 0 saturated heterocycles. The van der Waals surface area contributed by atoms with Crippen LogP contribution in [0, 0.1) is 5.92 Å². The van der Waals surface area contributed by atoms with Gasteiger partial charge in [-0.1, -0.05) is 31.9 Å². The van der Waals surface area contributed by atoms with Gasteiger partial charge in [0.15, 0.2) is 0 Å². The SMILES string of the molecule is CCCNC(=O)c1cccc(CNC(=O)C2CCCCC2(C)N)c1.Cl. The van der Waals surface area contributed by atoms with Crippen LogP contribution in [0.25, 0.3) is 0 Å². The zero-order valence-corrected chi connectivity index (χ0v) is 16.0. The fourth-order valence-electron chi connectivity index (χ4n) is 3.26. The standard InChI is InChI=1S/C19H29N3O2.ClH/c1-3-11-21-17(23)15-8-6-7-14(12-15)13-22-18(24)16-9-4-5-10-19(16,2)20;/h6-8,12,16H,3-5,9-11,13,20H2,1-2H3,(H,21,23)(H,22,24);1H. The van der Waals surface area contributed by atoms with Gasteiger partial charge < -0.3 is 16.4 Å². The van der Waals surface area contributed by atoms with Gasteiger partial charge in [0.2, 0.25) is 5.91 Å². The maximum absolute atomic E-state index is 12.5. The number of hydrogen-bond acceptors (Lipinski definition) is 3. The Kier molecular flexibility index (Phi) is 8.39. The van der Waals surface area contributed by atoms with E-state index < -0.39 is 5.54 Å². The molecule has 2 rings (SSSR count). The van der Waals surface area contributed by atoms with Gasteiger partial charge in [0.25, 0.3) is 5.91 Å². The Morgan fingerprint density at radius 1 is 1.28 bits per heavy atom. The highest BCUT2D eigenvalue weighted by Gasteiger charge is 2.37. The van der Waals surface area contributed by atoms with E-state index in [1.54, 1.807) is 6.07 Å². The Hall–Kier alpha value is -1.59. The fraction of sp³-hybridized carbons (Fsp3) is 0.579. The first kappa shape index (κ1) is 21.5. The zero-order valence-electron chi connectivity index (χ0n) is 15.1. The van der Waals surface area contributed by atoms with Crippen LogP contribution in [0.4, 0.5) is 0 Å². The van der Waals surface area contributed by atoms with E-state index in [-0.39, 0.29) is 30.1 Å². The van der Waals surface area contributed by atoms with Crippen LogP contribution in [-0.4, -0.2) is 23.9 Å². The Balaban J connectivity index is 0.00000312. The molecule has 0 spiro atoms. The van der Waals surface area contributed by atoms with E-state index in [0.29, 0.717) is 18.7 Å². The Morgan fingerprint density at radius 3 is 2.72 bits per heavy atom. The largest absolute Gasteiger partial charge is 0.352 e. The van der Waals surface area contributed by atoms with Crippen LogP contribution < -0.4 is 16.4 Å². The molecule has 0 aromatic heterocycles. The van der Waals surface area contributed by atoms with Gasteiger partial charge in [0.05, 0.1) is 5.92 Å². The molecular weight excluding hydrogens is 338 g/mol. The molecule has 2 amide bonds. The summed E-state index contributed by atoms with van der Waals surface area (Å²) in [4.78, 5) is 24.5. The van der Waals surface area contributed by atoms with Crippen molar-refractivity contribution in [1.82, 2.24) is 10.6 Å². The first-order valence-electron chi connectivity index (χ1n) is 8.88. The second kappa shape index (κ2) is 9.78. The lowest BCUT2D eigenvalue weighted by Gasteiger charge is -2.37. The van der Waals surface area contributed by atoms with E-state index in [2.05, 4.69) is 10.6 Å². The predicted molar refractivity (Wildman–Crippen MR) is 103 cm³/mol. The molecule has 2 atom stereocenters. The minimum atomic E-state index is -0.426. The van der Waals surface area contributed by atoms with Crippen molar-refractivity contribution in [2.24, 2.45) is 11.7 Å².